The predicted molar refractivity (Wildman–Crippen MR) is 118 cm³/mol. The Morgan fingerprint density at radius 1 is 1.23 bits per heavy atom. The van der Waals surface area contributed by atoms with Crippen LogP contribution in [0.4, 0.5) is 5.95 Å². The zero-order valence-corrected chi connectivity index (χ0v) is 18.3. The molecule has 8 heteroatoms. The van der Waals surface area contributed by atoms with Gasteiger partial charge in [0.2, 0.25) is 11.9 Å². The molecule has 1 aromatic heterocycles. The maximum Gasteiger partial charge on any atom is 0.225 e. The molecule has 2 aromatic rings. The van der Waals surface area contributed by atoms with E-state index in [1.807, 2.05) is 12.1 Å². The van der Waals surface area contributed by atoms with E-state index in [1.54, 1.807) is 24.5 Å². The lowest BCUT2D eigenvalue weighted by Crippen LogP contribution is -2.49. The van der Waals surface area contributed by atoms with E-state index in [-0.39, 0.29) is 17.2 Å². The van der Waals surface area contributed by atoms with Gasteiger partial charge in [0.05, 0.1) is 5.92 Å². The van der Waals surface area contributed by atoms with Gasteiger partial charge in [-0.15, -0.1) is 0 Å². The normalized spacial score (nSPS) is 21.3. The van der Waals surface area contributed by atoms with Gasteiger partial charge in [0, 0.05) is 60.7 Å². The number of carbonyl (C=O) groups excluding carboxylic acids is 1. The van der Waals surface area contributed by atoms with Gasteiger partial charge in [-0.1, -0.05) is 29.3 Å². The van der Waals surface area contributed by atoms with Crippen LogP contribution in [0.25, 0.3) is 0 Å². The summed E-state index contributed by atoms with van der Waals surface area (Å²) in [7, 11) is 0. The molecule has 1 unspecified atom stereocenters. The van der Waals surface area contributed by atoms with Gasteiger partial charge < -0.3 is 15.0 Å². The summed E-state index contributed by atoms with van der Waals surface area (Å²) in [5.41, 5.74) is 0.784. The van der Waals surface area contributed by atoms with Crippen LogP contribution in [-0.4, -0.2) is 48.7 Å². The molecule has 1 N–H and O–H groups in total. The number of piperidine rings is 1. The first-order valence-electron chi connectivity index (χ1n) is 10.4. The van der Waals surface area contributed by atoms with Crippen molar-refractivity contribution in [1.82, 2.24) is 15.3 Å². The Morgan fingerprint density at radius 3 is 2.73 bits per heavy atom. The van der Waals surface area contributed by atoms with Gasteiger partial charge >= 0.3 is 0 Å². The average molecular weight is 449 g/mol. The summed E-state index contributed by atoms with van der Waals surface area (Å²) in [4.78, 5) is 23.8. The molecule has 2 saturated heterocycles. The van der Waals surface area contributed by atoms with Crippen molar-refractivity contribution in [2.24, 2.45) is 5.92 Å². The Labute approximate surface area is 186 Å². The number of hydrogen-bond donors (Lipinski definition) is 1. The number of anilines is 1. The van der Waals surface area contributed by atoms with Gasteiger partial charge in [-0.05, 0) is 49.4 Å². The van der Waals surface area contributed by atoms with E-state index in [2.05, 4.69) is 20.2 Å². The number of nitrogens with one attached hydrogen (secondary N) is 1. The van der Waals surface area contributed by atoms with E-state index < -0.39 is 0 Å². The number of nitrogens with zero attached hydrogens (tertiary/aromatic N) is 3. The van der Waals surface area contributed by atoms with Crippen LogP contribution >= 0.6 is 23.2 Å². The van der Waals surface area contributed by atoms with Crippen LogP contribution in [0.5, 0.6) is 0 Å². The molecular formula is C22H26Cl2N4O2. The second kappa shape index (κ2) is 9.50. The second-order valence-electron chi connectivity index (χ2n) is 8.07. The fourth-order valence-electron chi connectivity index (χ4n) is 4.45. The average Bonchev–Trinajstić information content (AvgIpc) is 2.79. The van der Waals surface area contributed by atoms with Gasteiger partial charge in [-0.3, -0.25) is 4.79 Å². The molecule has 2 fully saturated rings. The zero-order valence-electron chi connectivity index (χ0n) is 16.8. The highest BCUT2D eigenvalue weighted by Crippen LogP contribution is 2.39. The van der Waals surface area contributed by atoms with E-state index in [1.165, 1.54) is 0 Å². The third kappa shape index (κ3) is 4.71. The quantitative estimate of drug-likeness (QED) is 0.751. The number of rotatable bonds is 5. The smallest absolute Gasteiger partial charge is 0.225 e. The molecule has 0 saturated carbocycles. The summed E-state index contributed by atoms with van der Waals surface area (Å²) in [6.45, 7) is 3.34. The Hall–Kier alpha value is -1.89. The summed E-state index contributed by atoms with van der Waals surface area (Å²) in [5.74, 6) is 0.676. The molecule has 2 aliphatic rings. The van der Waals surface area contributed by atoms with Gasteiger partial charge in [-0.2, -0.15) is 0 Å². The molecule has 4 rings (SSSR count). The number of carbonyl (C=O) groups is 1. The van der Waals surface area contributed by atoms with Crippen LogP contribution in [0.15, 0.2) is 36.7 Å². The molecular weight excluding hydrogens is 423 g/mol. The molecule has 0 radical (unpaired) electrons. The summed E-state index contributed by atoms with van der Waals surface area (Å²) in [6.07, 6.45) is 6.89. The third-order valence-corrected chi connectivity index (χ3v) is 6.73. The van der Waals surface area contributed by atoms with E-state index in [0.717, 1.165) is 37.8 Å². The first-order valence-corrected chi connectivity index (χ1v) is 11.2. The largest absolute Gasteiger partial charge is 0.381 e. The minimum atomic E-state index is -0.244. The second-order valence-corrected chi connectivity index (χ2v) is 8.91. The monoisotopic (exact) mass is 448 g/mol. The Balaban J connectivity index is 1.45. The topological polar surface area (TPSA) is 67.3 Å². The molecule has 0 spiro atoms. The van der Waals surface area contributed by atoms with Crippen molar-refractivity contribution in [2.45, 2.75) is 31.1 Å². The van der Waals surface area contributed by atoms with Crippen molar-refractivity contribution in [2.75, 3.05) is 37.7 Å². The van der Waals surface area contributed by atoms with E-state index in [4.69, 9.17) is 27.9 Å². The van der Waals surface area contributed by atoms with Gasteiger partial charge in [0.25, 0.3) is 0 Å². The molecule has 160 valence electrons. The van der Waals surface area contributed by atoms with E-state index in [9.17, 15) is 4.79 Å². The lowest BCUT2D eigenvalue weighted by Gasteiger charge is -2.39. The molecule has 6 nitrogen and oxygen atoms in total. The highest BCUT2D eigenvalue weighted by Gasteiger charge is 2.37. The summed E-state index contributed by atoms with van der Waals surface area (Å²) in [6, 6.07) is 7.42. The Bertz CT molecular complexity index is 875. The molecule has 3 heterocycles. The SMILES string of the molecule is O=C(NCC1(c2ccc(Cl)cc2Cl)CCOCC1)C1CCCN(c2ncccn2)C1. The Kier molecular flexibility index (Phi) is 6.76. The fraction of sp³-hybridized carbons (Fsp3) is 0.500. The number of ether oxygens (including phenoxy) is 1. The van der Waals surface area contributed by atoms with Crippen molar-refractivity contribution in [3.8, 4) is 0 Å². The lowest BCUT2D eigenvalue weighted by atomic mass is 9.74. The minimum absolute atomic E-state index is 0.0755. The highest BCUT2D eigenvalue weighted by atomic mass is 35.5. The summed E-state index contributed by atoms with van der Waals surface area (Å²) < 4.78 is 5.59. The van der Waals surface area contributed by atoms with Crippen molar-refractivity contribution in [1.29, 1.82) is 0 Å². The molecule has 1 aromatic carbocycles. The van der Waals surface area contributed by atoms with E-state index >= 15 is 0 Å². The zero-order chi connectivity index (χ0) is 21.0. The van der Waals surface area contributed by atoms with Crippen molar-refractivity contribution >= 4 is 35.1 Å². The van der Waals surface area contributed by atoms with Gasteiger partial charge in [0.1, 0.15) is 0 Å². The van der Waals surface area contributed by atoms with Gasteiger partial charge in [0.15, 0.2) is 0 Å². The first kappa shape index (κ1) is 21.3. The van der Waals surface area contributed by atoms with E-state index in [0.29, 0.717) is 42.3 Å². The van der Waals surface area contributed by atoms with Crippen molar-refractivity contribution < 1.29 is 9.53 Å². The maximum atomic E-state index is 13.1. The van der Waals surface area contributed by atoms with Crippen molar-refractivity contribution in [3.63, 3.8) is 0 Å². The van der Waals surface area contributed by atoms with Crippen LogP contribution in [0.2, 0.25) is 10.0 Å². The first-order chi connectivity index (χ1) is 14.6. The molecule has 2 aliphatic heterocycles. The molecule has 0 bridgehead atoms. The number of hydrogen-bond acceptors (Lipinski definition) is 5. The third-order valence-electron chi connectivity index (χ3n) is 6.18. The molecule has 30 heavy (non-hydrogen) atoms. The molecule has 1 amide bonds. The van der Waals surface area contributed by atoms with Crippen LogP contribution < -0.4 is 10.2 Å². The van der Waals surface area contributed by atoms with Crippen molar-refractivity contribution in [3.05, 3.63) is 52.3 Å². The van der Waals surface area contributed by atoms with Gasteiger partial charge in [-0.25, -0.2) is 9.97 Å². The minimum Gasteiger partial charge on any atom is -0.381 e. The standard InChI is InChI=1S/C22H26Cl2N4O2/c23-17-4-5-18(19(24)13-17)22(6-11-30-12-7-22)15-27-20(29)16-3-1-10-28(14-16)21-25-8-2-9-26-21/h2,4-5,8-9,13,16H,1,3,6-7,10-12,14-15H2,(H,27,29). The lowest BCUT2D eigenvalue weighted by molar-refractivity contribution is -0.125. The number of benzene rings is 1. The maximum absolute atomic E-state index is 13.1. The Morgan fingerprint density at radius 2 is 2.00 bits per heavy atom. The van der Waals surface area contributed by atoms with Crippen LogP contribution in [0, 0.1) is 5.92 Å². The van der Waals surface area contributed by atoms with Crippen LogP contribution in [-0.2, 0) is 14.9 Å². The summed E-state index contributed by atoms with van der Waals surface area (Å²) >= 11 is 12.6. The fourth-order valence-corrected chi connectivity index (χ4v) is 5.06. The number of amides is 1. The number of aromatic nitrogens is 2. The molecule has 0 aliphatic carbocycles. The molecule has 1 atom stereocenters. The highest BCUT2D eigenvalue weighted by molar-refractivity contribution is 6.35. The number of halogens is 2. The predicted octanol–water partition coefficient (Wildman–Crippen LogP) is 3.86. The van der Waals surface area contributed by atoms with Crippen LogP contribution in [0.1, 0.15) is 31.2 Å². The van der Waals surface area contributed by atoms with Crippen LogP contribution in [0.3, 0.4) is 0 Å². The summed E-state index contributed by atoms with van der Waals surface area (Å²) in [5, 5.41) is 4.48.